The lowest BCUT2D eigenvalue weighted by Crippen LogP contribution is -2.37. The quantitative estimate of drug-likeness (QED) is 0.810. The van der Waals surface area contributed by atoms with Crippen molar-refractivity contribution in [2.75, 3.05) is 27.7 Å². The highest BCUT2D eigenvalue weighted by Gasteiger charge is 2.21. The lowest BCUT2D eigenvalue weighted by Gasteiger charge is -2.22. The van der Waals surface area contributed by atoms with Crippen molar-refractivity contribution in [1.82, 2.24) is 0 Å². The number of nitrogens with zero attached hydrogens (tertiary/aromatic N) is 1. The third-order valence-corrected chi connectivity index (χ3v) is 4.58. The average Bonchev–Trinajstić information content (AvgIpc) is 2.51. The standard InChI is InChI=1S/C18H21N3O4S/c1-13-6-4-7-15(10-13)20-18(23)12-21(26(3,24)25)17-9-5-8-16(11-17)19-14(2)22/h4-11H,12H2,1-3H3,(H,19,22)(H,20,23). The first-order valence-electron chi connectivity index (χ1n) is 7.87. The number of hydrogen-bond acceptors (Lipinski definition) is 4. The molecule has 0 spiro atoms. The number of hydrogen-bond donors (Lipinski definition) is 2. The van der Waals surface area contributed by atoms with Crippen LogP contribution in [-0.4, -0.2) is 33.0 Å². The largest absolute Gasteiger partial charge is 0.326 e. The second-order valence-electron chi connectivity index (χ2n) is 5.92. The monoisotopic (exact) mass is 375 g/mol. The molecule has 138 valence electrons. The summed E-state index contributed by atoms with van der Waals surface area (Å²) in [5.41, 5.74) is 2.31. The molecule has 0 radical (unpaired) electrons. The summed E-state index contributed by atoms with van der Waals surface area (Å²) >= 11 is 0. The van der Waals surface area contributed by atoms with Crippen molar-refractivity contribution in [3.05, 3.63) is 54.1 Å². The Kier molecular flexibility index (Phi) is 5.99. The molecular weight excluding hydrogens is 354 g/mol. The summed E-state index contributed by atoms with van der Waals surface area (Å²) in [7, 11) is -3.70. The molecule has 2 aromatic rings. The average molecular weight is 375 g/mol. The maximum atomic E-state index is 12.3. The second kappa shape index (κ2) is 8.01. The third-order valence-electron chi connectivity index (χ3n) is 3.44. The molecule has 2 amide bonds. The van der Waals surface area contributed by atoms with Crippen LogP contribution in [0.4, 0.5) is 17.1 Å². The van der Waals surface area contributed by atoms with Crippen LogP contribution in [0.2, 0.25) is 0 Å². The molecular formula is C18H21N3O4S. The van der Waals surface area contributed by atoms with Gasteiger partial charge in [-0.25, -0.2) is 8.42 Å². The lowest BCUT2D eigenvalue weighted by atomic mass is 10.2. The van der Waals surface area contributed by atoms with Crippen molar-refractivity contribution in [1.29, 1.82) is 0 Å². The molecule has 2 aromatic carbocycles. The van der Waals surface area contributed by atoms with Gasteiger partial charge in [-0.1, -0.05) is 18.2 Å². The molecule has 0 aliphatic heterocycles. The number of carbonyl (C=O) groups excluding carboxylic acids is 2. The van der Waals surface area contributed by atoms with Crippen LogP contribution in [-0.2, 0) is 19.6 Å². The van der Waals surface area contributed by atoms with Crippen LogP contribution >= 0.6 is 0 Å². The van der Waals surface area contributed by atoms with Gasteiger partial charge >= 0.3 is 0 Å². The van der Waals surface area contributed by atoms with Crippen molar-refractivity contribution in [3.63, 3.8) is 0 Å². The molecule has 0 unspecified atom stereocenters. The number of sulfonamides is 1. The summed E-state index contributed by atoms with van der Waals surface area (Å²) in [4.78, 5) is 23.5. The molecule has 0 aromatic heterocycles. The maximum Gasteiger partial charge on any atom is 0.245 e. The minimum atomic E-state index is -3.70. The SMILES string of the molecule is CC(=O)Nc1cccc(N(CC(=O)Nc2cccc(C)c2)S(C)(=O)=O)c1. The van der Waals surface area contributed by atoms with E-state index in [9.17, 15) is 18.0 Å². The van der Waals surface area contributed by atoms with Gasteiger partial charge in [0.2, 0.25) is 21.8 Å². The van der Waals surface area contributed by atoms with Crippen molar-refractivity contribution in [2.24, 2.45) is 0 Å². The number of benzene rings is 2. The Hall–Kier alpha value is -2.87. The van der Waals surface area contributed by atoms with Crippen LogP contribution in [0, 0.1) is 6.92 Å². The van der Waals surface area contributed by atoms with E-state index in [-0.39, 0.29) is 18.1 Å². The maximum absolute atomic E-state index is 12.3. The van der Waals surface area contributed by atoms with Crippen molar-refractivity contribution >= 4 is 38.9 Å². The van der Waals surface area contributed by atoms with Gasteiger partial charge in [-0.15, -0.1) is 0 Å². The molecule has 2 N–H and O–H groups in total. The summed E-state index contributed by atoms with van der Waals surface area (Å²) < 4.78 is 25.3. The van der Waals surface area contributed by atoms with E-state index in [2.05, 4.69) is 10.6 Å². The van der Waals surface area contributed by atoms with Gasteiger partial charge in [0.05, 0.1) is 11.9 Å². The molecule has 8 heteroatoms. The number of anilines is 3. The van der Waals surface area contributed by atoms with Gasteiger partial charge in [0.15, 0.2) is 0 Å². The third kappa shape index (κ3) is 5.59. The van der Waals surface area contributed by atoms with E-state index in [4.69, 9.17) is 0 Å². The zero-order chi connectivity index (χ0) is 19.3. The molecule has 26 heavy (non-hydrogen) atoms. The van der Waals surface area contributed by atoms with Crippen molar-refractivity contribution in [3.8, 4) is 0 Å². The molecule has 0 heterocycles. The first kappa shape index (κ1) is 19.5. The van der Waals surface area contributed by atoms with E-state index < -0.39 is 15.9 Å². The molecule has 0 fully saturated rings. The Bertz CT molecular complexity index is 926. The summed E-state index contributed by atoms with van der Waals surface area (Å²) in [5, 5.41) is 5.28. The predicted molar refractivity (Wildman–Crippen MR) is 103 cm³/mol. The molecule has 0 atom stereocenters. The van der Waals surface area contributed by atoms with Gasteiger partial charge in [-0.05, 0) is 42.8 Å². The Morgan fingerprint density at radius 1 is 1.00 bits per heavy atom. The molecule has 0 bridgehead atoms. The topological polar surface area (TPSA) is 95.6 Å². The molecule has 2 rings (SSSR count). The summed E-state index contributed by atoms with van der Waals surface area (Å²) in [6.07, 6.45) is 1.03. The van der Waals surface area contributed by atoms with E-state index in [0.717, 1.165) is 16.1 Å². The number of carbonyl (C=O) groups is 2. The highest BCUT2D eigenvalue weighted by atomic mass is 32.2. The first-order valence-corrected chi connectivity index (χ1v) is 9.72. The number of rotatable bonds is 6. The number of aryl methyl sites for hydroxylation is 1. The lowest BCUT2D eigenvalue weighted by molar-refractivity contribution is -0.115. The fourth-order valence-corrected chi connectivity index (χ4v) is 3.24. The fourth-order valence-electron chi connectivity index (χ4n) is 2.40. The minimum Gasteiger partial charge on any atom is -0.326 e. The number of amides is 2. The van der Waals surface area contributed by atoms with Crippen molar-refractivity contribution < 1.29 is 18.0 Å². The van der Waals surface area contributed by atoms with Crippen LogP contribution < -0.4 is 14.9 Å². The van der Waals surface area contributed by atoms with E-state index in [1.54, 1.807) is 36.4 Å². The smallest absolute Gasteiger partial charge is 0.245 e. The summed E-state index contributed by atoms with van der Waals surface area (Å²) in [6, 6.07) is 13.5. The molecule has 0 aliphatic carbocycles. The zero-order valence-corrected chi connectivity index (χ0v) is 15.6. The van der Waals surface area contributed by atoms with E-state index >= 15 is 0 Å². The Morgan fingerprint density at radius 3 is 2.19 bits per heavy atom. The Balaban J connectivity index is 2.23. The molecule has 0 aliphatic rings. The van der Waals surface area contributed by atoms with Gasteiger partial charge < -0.3 is 10.6 Å². The second-order valence-corrected chi connectivity index (χ2v) is 7.83. The Morgan fingerprint density at radius 2 is 1.62 bits per heavy atom. The van der Waals surface area contributed by atoms with Gasteiger partial charge in [0.25, 0.3) is 0 Å². The summed E-state index contributed by atoms with van der Waals surface area (Å²) in [6.45, 7) is 2.87. The fraction of sp³-hybridized carbons (Fsp3) is 0.222. The van der Waals surface area contributed by atoms with E-state index in [1.165, 1.54) is 13.0 Å². The van der Waals surface area contributed by atoms with Gasteiger partial charge in [-0.2, -0.15) is 0 Å². The van der Waals surface area contributed by atoms with Crippen LogP contribution in [0.25, 0.3) is 0 Å². The van der Waals surface area contributed by atoms with Crippen LogP contribution in [0.5, 0.6) is 0 Å². The van der Waals surface area contributed by atoms with Gasteiger partial charge in [0, 0.05) is 18.3 Å². The van der Waals surface area contributed by atoms with Crippen LogP contribution in [0.1, 0.15) is 12.5 Å². The minimum absolute atomic E-state index is 0.273. The molecule has 0 saturated carbocycles. The van der Waals surface area contributed by atoms with Gasteiger partial charge in [-0.3, -0.25) is 13.9 Å². The van der Waals surface area contributed by atoms with Crippen molar-refractivity contribution in [2.45, 2.75) is 13.8 Å². The highest BCUT2D eigenvalue weighted by molar-refractivity contribution is 7.92. The first-order chi connectivity index (χ1) is 12.1. The van der Waals surface area contributed by atoms with Crippen LogP contribution in [0.15, 0.2) is 48.5 Å². The Labute approximate surface area is 153 Å². The number of nitrogens with one attached hydrogen (secondary N) is 2. The van der Waals surface area contributed by atoms with E-state index in [1.807, 2.05) is 13.0 Å². The molecule has 0 saturated heterocycles. The van der Waals surface area contributed by atoms with Gasteiger partial charge in [0.1, 0.15) is 6.54 Å². The predicted octanol–water partition coefficient (Wildman–Crippen LogP) is 2.36. The zero-order valence-electron chi connectivity index (χ0n) is 14.8. The van der Waals surface area contributed by atoms with Crippen LogP contribution in [0.3, 0.4) is 0 Å². The highest BCUT2D eigenvalue weighted by Crippen LogP contribution is 2.22. The van der Waals surface area contributed by atoms with E-state index in [0.29, 0.717) is 11.4 Å². The normalized spacial score (nSPS) is 10.9. The molecule has 7 nitrogen and oxygen atoms in total. The summed E-state index contributed by atoms with van der Waals surface area (Å²) in [5.74, 6) is -0.740.